The first-order chi connectivity index (χ1) is 12.4. The Kier molecular flexibility index (Phi) is 4.91. The molecule has 5 N–H and O–H groups in total. The summed E-state index contributed by atoms with van der Waals surface area (Å²) in [6.07, 6.45) is 4.46. The molecule has 1 fully saturated rings. The number of aromatic amines is 1. The van der Waals surface area contributed by atoms with Crippen molar-refractivity contribution in [2.75, 3.05) is 6.61 Å². The van der Waals surface area contributed by atoms with Crippen molar-refractivity contribution in [3.63, 3.8) is 0 Å². The third-order valence-electron chi connectivity index (χ3n) is 5.27. The Labute approximate surface area is 151 Å². The van der Waals surface area contributed by atoms with Crippen molar-refractivity contribution >= 4 is 22.9 Å². The molecule has 7 heteroatoms. The van der Waals surface area contributed by atoms with Gasteiger partial charge in [-0.2, -0.15) is 0 Å². The van der Waals surface area contributed by atoms with Crippen LogP contribution in [0.5, 0.6) is 0 Å². The first kappa shape index (κ1) is 18.3. The molecule has 2 aromatic rings. The van der Waals surface area contributed by atoms with Crippen LogP contribution in [0.15, 0.2) is 30.5 Å². The fraction of sp³-hybridized carbons (Fsp3) is 0.474. The molecule has 0 radical (unpaired) electrons. The molecule has 1 aromatic heterocycles. The van der Waals surface area contributed by atoms with Crippen molar-refractivity contribution in [1.82, 2.24) is 10.3 Å². The second-order valence-corrected chi connectivity index (χ2v) is 7.29. The monoisotopic (exact) mass is 359 g/mol. The molecular formula is C19H25N3O4. The third-order valence-corrected chi connectivity index (χ3v) is 5.27. The summed E-state index contributed by atoms with van der Waals surface area (Å²) in [5.41, 5.74) is 5.16. The molecule has 0 saturated heterocycles. The van der Waals surface area contributed by atoms with E-state index in [4.69, 9.17) is 10.5 Å². The van der Waals surface area contributed by atoms with Crippen molar-refractivity contribution in [1.29, 1.82) is 0 Å². The summed E-state index contributed by atoms with van der Waals surface area (Å²) < 4.78 is 5.46. The minimum Gasteiger partial charge on any atom is -0.433 e. The molecule has 1 atom stereocenters. The average Bonchev–Trinajstić information content (AvgIpc) is 3.23. The SMILES string of the molecule is CC(Cc1c[nH]c2ccccc12)(OC(=O)NC1(CO)CCCC1)C(N)=O. The lowest BCUT2D eigenvalue weighted by Gasteiger charge is -2.31. The van der Waals surface area contributed by atoms with Crippen molar-refractivity contribution in [3.8, 4) is 0 Å². The van der Waals surface area contributed by atoms with Gasteiger partial charge in [0, 0.05) is 23.5 Å². The number of carbonyl (C=O) groups excluding carboxylic acids is 2. The number of aromatic nitrogens is 1. The Morgan fingerprint density at radius 1 is 1.35 bits per heavy atom. The molecule has 3 rings (SSSR count). The van der Waals surface area contributed by atoms with Crippen molar-refractivity contribution in [2.24, 2.45) is 5.73 Å². The number of rotatable bonds is 6. The summed E-state index contributed by atoms with van der Waals surface area (Å²) in [6.45, 7) is 1.36. The summed E-state index contributed by atoms with van der Waals surface area (Å²) in [7, 11) is 0. The van der Waals surface area contributed by atoms with Gasteiger partial charge in [-0.25, -0.2) is 4.79 Å². The Bertz CT molecular complexity index is 810. The van der Waals surface area contributed by atoms with Crippen molar-refractivity contribution < 1.29 is 19.4 Å². The van der Waals surface area contributed by atoms with E-state index < -0.39 is 23.1 Å². The molecule has 1 heterocycles. The number of para-hydroxylation sites is 1. The van der Waals surface area contributed by atoms with Crippen molar-refractivity contribution in [3.05, 3.63) is 36.0 Å². The van der Waals surface area contributed by atoms with Gasteiger partial charge >= 0.3 is 6.09 Å². The number of hydrogen-bond acceptors (Lipinski definition) is 4. The van der Waals surface area contributed by atoms with Crippen molar-refractivity contribution in [2.45, 2.75) is 50.2 Å². The maximum absolute atomic E-state index is 12.4. The van der Waals surface area contributed by atoms with Gasteiger partial charge in [-0.15, -0.1) is 0 Å². The molecule has 26 heavy (non-hydrogen) atoms. The molecule has 1 aliphatic rings. The number of aliphatic hydroxyl groups is 1. The molecule has 0 aliphatic heterocycles. The fourth-order valence-electron chi connectivity index (χ4n) is 3.64. The van der Waals surface area contributed by atoms with Crippen LogP contribution in [0.2, 0.25) is 0 Å². The van der Waals surface area contributed by atoms with Crippen LogP contribution < -0.4 is 11.1 Å². The van der Waals surface area contributed by atoms with E-state index in [1.165, 1.54) is 6.92 Å². The summed E-state index contributed by atoms with van der Waals surface area (Å²) in [5.74, 6) is -0.720. The van der Waals surface area contributed by atoms with Crippen LogP contribution in [0.25, 0.3) is 10.9 Å². The zero-order valence-electron chi connectivity index (χ0n) is 14.9. The first-order valence-corrected chi connectivity index (χ1v) is 8.84. The molecule has 140 valence electrons. The summed E-state index contributed by atoms with van der Waals surface area (Å²) in [5, 5.41) is 13.3. The van der Waals surface area contributed by atoms with Gasteiger partial charge in [-0.1, -0.05) is 31.0 Å². The fourth-order valence-corrected chi connectivity index (χ4v) is 3.64. The first-order valence-electron chi connectivity index (χ1n) is 8.84. The van der Waals surface area contributed by atoms with Crippen LogP contribution in [0.4, 0.5) is 4.79 Å². The van der Waals surface area contributed by atoms with Crippen LogP contribution in [-0.2, 0) is 16.0 Å². The van der Waals surface area contributed by atoms with E-state index >= 15 is 0 Å². The predicted molar refractivity (Wildman–Crippen MR) is 97.5 cm³/mol. The molecule has 1 aliphatic carbocycles. The topological polar surface area (TPSA) is 117 Å². The molecule has 0 bridgehead atoms. The number of alkyl carbamates (subject to hydrolysis) is 1. The summed E-state index contributed by atoms with van der Waals surface area (Å²) in [4.78, 5) is 27.6. The highest BCUT2D eigenvalue weighted by molar-refractivity contribution is 5.88. The largest absolute Gasteiger partial charge is 0.433 e. The van der Waals surface area contributed by atoms with E-state index in [1.54, 1.807) is 6.20 Å². The molecule has 7 nitrogen and oxygen atoms in total. The Balaban J connectivity index is 1.77. The number of amides is 2. The summed E-state index contributed by atoms with van der Waals surface area (Å²) in [6, 6.07) is 7.68. The van der Waals surface area contributed by atoms with Crippen LogP contribution >= 0.6 is 0 Å². The molecule has 1 unspecified atom stereocenters. The maximum atomic E-state index is 12.4. The van der Waals surface area contributed by atoms with E-state index in [0.717, 1.165) is 29.3 Å². The second kappa shape index (κ2) is 6.99. The van der Waals surface area contributed by atoms with Gasteiger partial charge < -0.3 is 25.9 Å². The van der Waals surface area contributed by atoms with Gasteiger partial charge in [-0.3, -0.25) is 4.79 Å². The highest BCUT2D eigenvalue weighted by Crippen LogP contribution is 2.30. The van der Waals surface area contributed by atoms with E-state index in [2.05, 4.69) is 10.3 Å². The quantitative estimate of drug-likeness (QED) is 0.631. The van der Waals surface area contributed by atoms with Crippen LogP contribution in [0.3, 0.4) is 0 Å². The van der Waals surface area contributed by atoms with Gasteiger partial charge in [-0.05, 0) is 31.4 Å². The number of aliphatic hydroxyl groups excluding tert-OH is 1. The van der Waals surface area contributed by atoms with E-state index in [9.17, 15) is 14.7 Å². The van der Waals surface area contributed by atoms with E-state index in [1.807, 2.05) is 24.3 Å². The third kappa shape index (κ3) is 3.53. The Morgan fingerprint density at radius 3 is 2.69 bits per heavy atom. The van der Waals surface area contributed by atoms with Gasteiger partial charge in [0.1, 0.15) is 0 Å². The highest BCUT2D eigenvalue weighted by Gasteiger charge is 2.40. The number of ether oxygens (including phenoxy) is 1. The Hall–Kier alpha value is -2.54. The number of H-pyrrole nitrogens is 1. The normalized spacial score (nSPS) is 18.4. The number of fused-ring (bicyclic) bond motifs is 1. The van der Waals surface area contributed by atoms with Gasteiger partial charge in [0.2, 0.25) is 0 Å². The van der Waals surface area contributed by atoms with Gasteiger partial charge in [0.25, 0.3) is 5.91 Å². The molecule has 2 amide bonds. The predicted octanol–water partition coefficient (Wildman–Crippen LogP) is 1.99. The second-order valence-electron chi connectivity index (χ2n) is 7.29. The van der Waals surface area contributed by atoms with Crippen LogP contribution in [0.1, 0.15) is 38.2 Å². The molecule has 1 aromatic carbocycles. The lowest BCUT2D eigenvalue weighted by molar-refractivity contribution is -0.135. The average molecular weight is 359 g/mol. The van der Waals surface area contributed by atoms with Crippen LogP contribution in [-0.4, -0.2) is 39.8 Å². The molecular weight excluding hydrogens is 334 g/mol. The maximum Gasteiger partial charge on any atom is 0.408 e. The van der Waals surface area contributed by atoms with Crippen LogP contribution in [0, 0.1) is 0 Å². The number of carbonyl (C=O) groups is 2. The number of primary amides is 1. The Morgan fingerprint density at radius 2 is 2.04 bits per heavy atom. The number of nitrogens with one attached hydrogen (secondary N) is 2. The number of hydrogen-bond donors (Lipinski definition) is 4. The zero-order valence-corrected chi connectivity index (χ0v) is 14.9. The van der Waals surface area contributed by atoms with E-state index in [0.29, 0.717) is 12.8 Å². The smallest absolute Gasteiger partial charge is 0.408 e. The lowest BCUT2D eigenvalue weighted by atomic mass is 9.95. The highest BCUT2D eigenvalue weighted by atomic mass is 16.6. The minimum atomic E-state index is -1.50. The standard InChI is InChI=1S/C19H25N3O4/c1-18(16(20)24,10-13-11-21-15-7-3-2-6-14(13)15)26-17(25)22-19(12-23)8-4-5-9-19/h2-3,6-7,11,21,23H,4-5,8-10,12H2,1H3,(H2,20,24)(H,22,25). The number of benzene rings is 1. The van der Waals surface area contributed by atoms with Gasteiger partial charge in [0.05, 0.1) is 12.1 Å². The minimum absolute atomic E-state index is 0.155. The summed E-state index contributed by atoms with van der Waals surface area (Å²) >= 11 is 0. The van der Waals surface area contributed by atoms with Gasteiger partial charge in [0.15, 0.2) is 5.60 Å². The molecule has 1 saturated carbocycles. The lowest BCUT2D eigenvalue weighted by Crippen LogP contribution is -2.54. The zero-order chi connectivity index (χ0) is 18.8. The number of nitrogens with two attached hydrogens (primary N) is 1. The molecule has 0 spiro atoms. The van der Waals surface area contributed by atoms with E-state index in [-0.39, 0.29) is 13.0 Å².